The summed E-state index contributed by atoms with van der Waals surface area (Å²) in [7, 11) is 0. The minimum atomic E-state index is -0.222. The Morgan fingerprint density at radius 3 is 2.50 bits per heavy atom. The summed E-state index contributed by atoms with van der Waals surface area (Å²) in [5.41, 5.74) is 11.0. The molecule has 0 bridgehead atoms. The van der Waals surface area contributed by atoms with Crippen molar-refractivity contribution in [3.8, 4) is 11.5 Å². The molecule has 4 N–H and O–H groups in total. The first-order valence-electron chi connectivity index (χ1n) is 8.07. The van der Waals surface area contributed by atoms with Crippen LogP contribution in [0.25, 0.3) is 0 Å². The number of anilines is 2. The molecular weight excluding hydrogens is 304 g/mol. The average molecular weight is 326 g/mol. The molecule has 24 heavy (non-hydrogen) atoms. The second-order valence-corrected chi connectivity index (χ2v) is 5.91. The van der Waals surface area contributed by atoms with Gasteiger partial charge >= 0.3 is 6.03 Å². The molecule has 2 aromatic rings. The molecule has 1 heterocycles. The van der Waals surface area contributed by atoms with Crippen molar-refractivity contribution in [2.24, 2.45) is 0 Å². The number of aryl methyl sites for hydroxylation is 1. The molecule has 1 aliphatic rings. The zero-order valence-corrected chi connectivity index (χ0v) is 13.7. The number of benzene rings is 2. The predicted molar refractivity (Wildman–Crippen MR) is 95.1 cm³/mol. The molecule has 1 aliphatic heterocycles. The van der Waals surface area contributed by atoms with Gasteiger partial charge in [0.25, 0.3) is 0 Å². The van der Waals surface area contributed by atoms with E-state index in [-0.39, 0.29) is 6.03 Å². The number of hydrogen-bond acceptors (Lipinski definition) is 4. The number of carbonyl (C=O) groups excluding carboxylic acids is 1. The molecule has 2 aromatic carbocycles. The number of carbonyl (C=O) groups is 1. The lowest BCUT2D eigenvalue weighted by Crippen LogP contribution is -2.42. The van der Waals surface area contributed by atoms with Crippen molar-refractivity contribution in [1.82, 2.24) is 10.4 Å². The maximum absolute atomic E-state index is 11.9. The van der Waals surface area contributed by atoms with E-state index in [1.54, 1.807) is 6.07 Å². The first-order chi connectivity index (χ1) is 11.6. The zero-order chi connectivity index (χ0) is 16.9. The van der Waals surface area contributed by atoms with E-state index in [4.69, 9.17) is 10.5 Å². The minimum absolute atomic E-state index is 0.222. The number of amides is 2. The number of hydrogen-bond donors (Lipinski definition) is 3. The fourth-order valence-electron chi connectivity index (χ4n) is 2.65. The van der Waals surface area contributed by atoms with Crippen LogP contribution in [0.1, 0.15) is 18.4 Å². The van der Waals surface area contributed by atoms with Crippen molar-refractivity contribution in [2.45, 2.75) is 19.8 Å². The molecule has 6 nitrogen and oxygen atoms in total. The van der Waals surface area contributed by atoms with Crippen LogP contribution in [-0.2, 0) is 0 Å². The predicted octanol–water partition coefficient (Wildman–Crippen LogP) is 3.50. The van der Waals surface area contributed by atoms with Gasteiger partial charge in [-0.25, -0.2) is 9.80 Å². The summed E-state index contributed by atoms with van der Waals surface area (Å²) >= 11 is 0. The highest BCUT2D eigenvalue weighted by Gasteiger charge is 2.13. The zero-order valence-electron chi connectivity index (χ0n) is 13.7. The van der Waals surface area contributed by atoms with Crippen LogP contribution < -0.4 is 21.2 Å². The SMILES string of the molecule is Cc1cc(N)ccc1Oc1ccc(NC(=O)NN2CCCC2)cc1. The number of rotatable bonds is 4. The number of nitrogens with zero attached hydrogens (tertiary/aromatic N) is 1. The Labute approximate surface area is 141 Å². The average Bonchev–Trinajstić information content (AvgIpc) is 3.04. The highest BCUT2D eigenvalue weighted by molar-refractivity contribution is 5.88. The first kappa shape index (κ1) is 16.1. The maximum Gasteiger partial charge on any atom is 0.333 e. The fraction of sp³-hybridized carbons (Fsp3) is 0.278. The monoisotopic (exact) mass is 326 g/mol. The van der Waals surface area contributed by atoms with E-state index in [2.05, 4.69) is 10.7 Å². The summed E-state index contributed by atoms with van der Waals surface area (Å²) in [5.74, 6) is 1.46. The van der Waals surface area contributed by atoms with Crippen LogP contribution in [0, 0.1) is 6.92 Å². The Bertz CT molecular complexity index is 709. The van der Waals surface area contributed by atoms with E-state index in [1.165, 1.54) is 0 Å². The van der Waals surface area contributed by atoms with Crippen molar-refractivity contribution >= 4 is 17.4 Å². The quantitative estimate of drug-likeness (QED) is 0.751. The topological polar surface area (TPSA) is 79.6 Å². The second-order valence-electron chi connectivity index (χ2n) is 5.91. The number of ether oxygens (including phenoxy) is 1. The Balaban J connectivity index is 1.57. The maximum atomic E-state index is 11.9. The number of hydrazine groups is 1. The second kappa shape index (κ2) is 7.23. The van der Waals surface area contributed by atoms with E-state index in [0.717, 1.165) is 37.2 Å². The number of nitrogen functional groups attached to an aromatic ring is 1. The lowest BCUT2D eigenvalue weighted by molar-refractivity contribution is 0.209. The molecule has 0 atom stereocenters. The Hall–Kier alpha value is -2.73. The highest BCUT2D eigenvalue weighted by Crippen LogP contribution is 2.27. The molecule has 0 aliphatic carbocycles. The van der Waals surface area contributed by atoms with Gasteiger partial charge in [0.1, 0.15) is 11.5 Å². The molecule has 1 fully saturated rings. The van der Waals surface area contributed by atoms with Crippen LogP contribution in [0.5, 0.6) is 11.5 Å². The molecular formula is C18H22N4O2. The normalized spacial score (nSPS) is 14.4. The Kier molecular flexibility index (Phi) is 4.86. The molecule has 2 amide bonds. The van der Waals surface area contributed by atoms with Crippen molar-refractivity contribution in [3.05, 3.63) is 48.0 Å². The lowest BCUT2D eigenvalue weighted by Gasteiger charge is -2.16. The molecule has 1 saturated heterocycles. The molecule has 0 saturated carbocycles. The van der Waals surface area contributed by atoms with Gasteiger partial charge in [0.05, 0.1) is 0 Å². The van der Waals surface area contributed by atoms with E-state index < -0.39 is 0 Å². The van der Waals surface area contributed by atoms with E-state index in [9.17, 15) is 4.79 Å². The molecule has 0 aromatic heterocycles. The van der Waals surface area contributed by atoms with Gasteiger partial charge in [0, 0.05) is 24.5 Å². The van der Waals surface area contributed by atoms with Gasteiger partial charge in [-0.05, 0) is 67.8 Å². The lowest BCUT2D eigenvalue weighted by atomic mass is 10.2. The molecule has 0 spiro atoms. The summed E-state index contributed by atoms with van der Waals surface area (Å²) in [4.78, 5) is 11.9. The molecule has 126 valence electrons. The summed E-state index contributed by atoms with van der Waals surface area (Å²) in [6, 6.07) is 12.6. The summed E-state index contributed by atoms with van der Waals surface area (Å²) < 4.78 is 5.84. The van der Waals surface area contributed by atoms with Gasteiger partial charge in [-0.1, -0.05) is 0 Å². The third-order valence-electron chi connectivity index (χ3n) is 3.90. The van der Waals surface area contributed by atoms with Crippen LogP contribution in [0.3, 0.4) is 0 Å². The van der Waals surface area contributed by atoms with Crippen LogP contribution in [-0.4, -0.2) is 24.1 Å². The number of nitrogens with two attached hydrogens (primary N) is 1. The molecule has 0 unspecified atom stereocenters. The highest BCUT2D eigenvalue weighted by atomic mass is 16.5. The number of urea groups is 1. The van der Waals surface area contributed by atoms with Crippen LogP contribution in [0.2, 0.25) is 0 Å². The van der Waals surface area contributed by atoms with Crippen molar-refractivity contribution in [2.75, 3.05) is 24.1 Å². The Morgan fingerprint density at radius 2 is 1.83 bits per heavy atom. The first-order valence-corrected chi connectivity index (χ1v) is 8.07. The van der Waals surface area contributed by atoms with Gasteiger partial charge < -0.3 is 15.8 Å². The molecule has 6 heteroatoms. The fourth-order valence-corrected chi connectivity index (χ4v) is 2.65. The van der Waals surface area contributed by atoms with Gasteiger partial charge in [-0.3, -0.25) is 5.43 Å². The summed E-state index contributed by atoms with van der Waals surface area (Å²) in [6.07, 6.45) is 2.24. The van der Waals surface area contributed by atoms with Crippen LogP contribution in [0.15, 0.2) is 42.5 Å². The largest absolute Gasteiger partial charge is 0.457 e. The van der Waals surface area contributed by atoms with Crippen molar-refractivity contribution in [3.63, 3.8) is 0 Å². The standard InChI is InChI=1S/C18H22N4O2/c1-13-12-14(19)4-9-17(13)24-16-7-5-15(6-8-16)20-18(23)21-22-10-2-3-11-22/h4-9,12H,2-3,10-11,19H2,1H3,(H2,20,21,23). The van der Waals surface area contributed by atoms with Gasteiger partial charge in [0.15, 0.2) is 0 Å². The van der Waals surface area contributed by atoms with E-state index in [1.807, 2.05) is 48.3 Å². The minimum Gasteiger partial charge on any atom is -0.457 e. The van der Waals surface area contributed by atoms with Gasteiger partial charge in [-0.2, -0.15) is 0 Å². The molecule has 3 rings (SSSR count). The summed E-state index contributed by atoms with van der Waals surface area (Å²) in [6.45, 7) is 3.76. The van der Waals surface area contributed by atoms with E-state index in [0.29, 0.717) is 17.1 Å². The molecule has 0 radical (unpaired) electrons. The van der Waals surface area contributed by atoms with Crippen LogP contribution in [0.4, 0.5) is 16.2 Å². The summed E-state index contributed by atoms with van der Waals surface area (Å²) in [5, 5.41) is 4.74. The van der Waals surface area contributed by atoms with Crippen molar-refractivity contribution < 1.29 is 9.53 Å². The van der Waals surface area contributed by atoms with Crippen molar-refractivity contribution in [1.29, 1.82) is 0 Å². The van der Waals surface area contributed by atoms with Gasteiger partial charge in [-0.15, -0.1) is 0 Å². The number of nitrogens with one attached hydrogen (secondary N) is 2. The Morgan fingerprint density at radius 1 is 1.12 bits per heavy atom. The smallest absolute Gasteiger partial charge is 0.333 e. The third-order valence-corrected chi connectivity index (χ3v) is 3.90. The third kappa shape index (κ3) is 4.17. The van der Waals surface area contributed by atoms with Gasteiger partial charge in [0.2, 0.25) is 0 Å². The van der Waals surface area contributed by atoms with E-state index >= 15 is 0 Å². The van der Waals surface area contributed by atoms with Crippen LogP contribution >= 0.6 is 0 Å².